The van der Waals surface area contributed by atoms with E-state index in [-0.39, 0.29) is 11.3 Å². The predicted molar refractivity (Wildman–Crippen MR) is 109 cm³/mol. The van der Waals surface area contributed by atoms with E-state index in [0.29, 0.717) is 22.5 Å². The third-order valence-corrected chi connectivity index (χ3v) is 4.96. The van der Waals surface area contributed by atoms with Crippen molar-refractivity contribution in [1.29, 1.82) is 0 Å². The van der Waals surface area contributed by atoms with Gasteiger partial charge in [-0.25, -0.2) is 14.3 Å². The van der Waals surface area contributed by atoms with Gasteiger partial charge < -0.3 is 14.5 Å². The van der Waals surface area contributed by atoms with Crippen LogP contribution in [-0.2, 0) is 9.47 Å². The number of H-pyrrole nitrogens is 1. The van der Waals surface area contributed by atoms with Crippen molar-refractivity contribution in [2.45, 2.75) is 33.8 Å². The molecule has 3 rings (SSSR count). The Hall–Kier alpha value is -3.68. The lowest BCUT2D eigenvalue weighted by Crippen LogP contribution is -2.25. The van der Waals surface area contributed by atoms with E-state index < -0.39 is 23.8 Å². The number of carbonyl (C=O) groups is 3. The summed E-state index contributed by atoms with van der Waals surface area (Å²) < 4.78 is 11.8. The molecule has 30 heavy (non-hydrogen) atoms. The van der Waals surface area contributed by atoms with Crippen LogP contribution in [0, 0.1) is 20.8 Å². The number of hydrogen-bond donors (Lipinski definition) is 1. The van der Waals surface area contributed by atoms with Crippen molar-refractivity contribution in [3.63, 3.8) is 0 Å². The number of aromatic nitrogens is 3. The van der Waals surface area contributed by atoms with E-state index in [1.165, 1.54) is 20.2 Å². The SMILES string of the molecule is COC(=O)c1c(C)[nH]c(C(=O)[C@H](C)OC(=O)c2cnn(-c3ccccc3)c2C)c1C. The number of carbonyl (C=O) groups excluding carboxylic acids is 3. The molecule has 0 saturated heterocycles. The number of nitrogens with zero attached hydrogens (tertiary/aromatic N) is 2. The quantitative estimate of drug-likeness (QED) is 0.495. The summed E-state index contributed by atoms with van der Waals surface area (Å²) in [5, 5.41) is 4.25. The minimum Gasteiger partial charge on any atom is -0.465 e. The van der Waals surface area contributed by atoms with Crippen LogP contribution in [0.5, 0.6) is 0 Å². The molecule has 0 bridgehead atoms. The van der Waals surface area contributed by atoms with Crippen LogP contribution in [0.3, 0.4) is 0 Å². The Morgan fingerprint density at radius 1 is 1.07 bits per heavy atom. The third-order valence-electron chi connectivity index (χ3n) is 4.96. The topological polar surface area (TPSA) is 103 Å². The van der Waals surface area contributed by atoms with Crippen LogP contribution < -0.4 is 0 Å². The Morgan fingerprint density at radius 3 is 2.37 bits per heavy atom. The number of benzene rings is 1. The first-order chi connectivity index (χ1) is 14.3. The molecule has 0 radical (unpaired) electrons. The molecule has 1 N–H and O–H groups in total. The maximum absolute atomic E-state index is 12.8. The average Bonchev–Trinajstić information content (AvgIpc) is 3.26. The molecule has 0 saturated carbocycles. The smallest absolute Gasteiger partial charge is 0.342 e. The summed E-state index contributed by atoms with van der Waals surface area (Å²) in [5.41, 5.74) is 3.18. The van der Waals surface area contributed by atoms with Gasteiger partial charge in [-0.05, 0) is 45.4 Å². The Morgan fingerprint density at radius 2 is 1.73 bits per heavy atom. The molecule has 0 aliphatic heterocycles. The second-order valence-electron chi connectivity index (χ2n) is 6.92. The fraction of sp³-hybridized carbons (Fsp3) is 0.273. The summed E-state index contributed by atoms with van der Waals surface area (Å²) in [6.45, 7) is 6.56. The molecule has 2 heterocycles. The fourth-order valence-corrected chi connectivity index (χ4v) is 3.32. The van der Waals surface area contributed by atoms with Gasteiger partial charge in [-0.3, -0.25) is 4.79 Å². The van der Waals surface area contributed by atoms with E-state index in [4.69, 9.17) is 9.47 Å². The summed E-state index contributed by atoms with van der Waals surface area (Å²) >= 11 is 0. The number of hydrogen-bond acceptors (Lipinski definition) is 6. The lowest BCUT2D eigenvalue weighted by atomic mass is 10.1. The zero-order valence-corrected chi connectivity index (χ0v) is 17.5. The molecule has 0 aliphatic rings. The highest BCUT2D eigenvalue weighted by atomic mass is 16.5. The van der Waals surface area contributed by atoms with Gasteiger partial charge in [-0.2, -0.15) is 5.10 Å². The Balaban J connectivity index is 1.79. The van der Waals surface area contributed by atoms with Crippen LogP contribution in [-0.4, -0.2) is 45.7 Å². The molecular weight excluding hydrogens is 386 g/mol. The molecule has 3 aromatic rings. The van der Waals surface area contributed by atoms with Crippen molar-refractivity contribution in [2.24, 2.45) is 0 Å². The normalized spacial score (nSPS) is 11.8. The minimum atomic E-state index is -1.06. The maximum Gasteiger partial charge on any atom is 0.342 e. The molecule has 0 aliphatic carbocycles. The lowest BCUT2D eigenvalue weighted by molar-refractivity contribution is 0.0316. The number of aryl methyl sites for hydroxylation is 1. The van der Waals surface area contributed by atoms with Crippen molar-refractivity contribution < 1.29 is 23.9 Å². The zero-order chi connectivity index (χ0) is 22.0. The van der Waals surface area contributed by atoms with E-state index in [9.17, 15) is 14.4 Å². The minimum absolute atomic E-state index is 0.213. The van der Waals surface area contributed by atoms with Gasteiger partial charge in [0.15, 0.2) is 6.10 Å². The van der Waals surface area contributed by atoms with Gasteiger partial charge in [-0.1, -0.05) is 18.2 Å². The molecule has 1 atom stereocenters. The van der Waals surface area contributed by atoms with E-state index in [1.807, 2.05) is 30.3 Å². The van der Waals surface area contributed by atoms with Crippen LogP contribution in [0.15, 0.2) is 36.5 Å². The number of para-hydroxylation sites is 1. The molecule has 8 nitrogen and oxygen atoms in total. The Kier molecular flexibility index (Phi) is 5.86. The molecule has 156 valence electrons. The standard InChI is InChI=1S/C22H23N3O5/c1-12-18(22(28)29-5)13(2)24-19(12)20(26)15(4)30-21(27)17-11-23-25(14(17)3)16-9-7-6-8-10-16/h6-11,15,24H,1-5H3/t15-/m0/s1. The third kappa shape index (κ3) is 3.76. The molecule has 8 heteroatoms. The summed E-state index contributed by atoms with van der Waals surface area (Å²) in [5.74, 6) is -1.62. The van der Waals surface area contributed by atoms with Gasteiger partial charge in [-0.15, -0.1) is 0 Å². The van der Waals surface area contributed by atoms with Crippen LogP contribution in [0.4, 0.5) is 0 Å². The molecular formula is C22H23N3O5. The van der Waals surface area contributed by atoms with Crippen LogP contribution in [0.2, 0.25) is 0 Å². The summed E-state index contributed by atoms with van der Waals surface area (Å²) in [4.78, 5) is 40.3. The van der Waals surface area contributed by atoms with Crippen molar-refractivity contribution in [1.82, 2.24) is 14.8 Å². The first kappa shape index (κ1) is 21.0. The highest BCUT2D eigenvalue weighted by Gasteiger charge is 2.28. The van der Waals surface area contributed by atoms with Crippen molar-refractivity contribution in [3.8, 4) is 5.69 Å². The number of rotatable bonds is 6. The highest BCUT2D eigenvalue weighted by molar-refractivity contribution is 6.04. The molecule has 0 unspecified atom stereocenters. The molecule has 0 spiro atoms. The largest absolute Gasteiger partial charge is 0.465 e. The molecule has 0 fully saturated rings. The molecule has 0 amide bonds. The van der Waals surface area contributed by atoms with Gasteiger partial charge in [0.25, 0.3) is 0 Å². The van der Waals surface area contributed by atoms with Gasteiger partial charge in [0.1, 0.15) is 5.56 Å². The number of esters is 2. The van der Waals surface area contributed by atoms with Crippen molar-refractivity contribution in [3.05, 3.63) is 70.3 Å². The highest BCUT2D eigenvalue weighted by Crippen LogP contribution is 2.22. The fourth-order valence-electron chi connectivity index (χ4n) is 3.32. The molecule has 1 aromatic carbocycles. The van der Waals surface area contributed by atoms with Crippen LogP contribution >= 0.6 is 0 Å². The second-order valence-corrected chi connectivity index (χ2v) is 6.92. The monoisotopic (exact) mass is 409 g/mol. The Labute approximate surface area is 173 Å². The van der Waals surface area contributed by atoms with Gasteiger partial charge >= 0.3 is 11.9 Å². The van der Waals surface area contributed by atoms with E-state index >= 15 is 0 Å². The van der Waals surface area contributed by atoms with E-state index in [2.05, 4.69) is 10.1 Å². The van der Waals surface area contributed by atoms with Crippen LogP contribution in [0.1, 0.15) is 55.1 Å². The number of methoxy groups -OCH3 is 1. The number of ketones is 1. The van der Waals surface area contributed by atoms with Gasteiger partial charge in [0.05, 0.1) is 35.9 Å². The van der Waals surface area contributed by atoms with Gasteiger partial charge in [0.2, 0.25) is 5.78 Å². The number of nitrogens with one attached hydrogen (secondary N) is 1. The van der Waals surface area contributed by atoms with E-state index in [0.717, 1.165) is 5.69 Å². The predicted octanol–water partition coefficient (Wildman–Crippen LogP) is 3.34. The maximum atomic E-state index is 12.8. The second kappa shape index (κ2) is 8.36. The first-order valence-electron chi connectivity index (χ1n) is 9.39. The van der Waals surface area contributed by atoms with Crippen LogP contribution in [0.25, 0.3) is 5.69 Å². The number of ether oxygens (including phenoxy) is 2. The Bertz CT molecular complexity index is 1110. The zero-order valence-electron chi connectivity index (χ0n) is 17.5. The summed E-state index contributed by atoms with van der Waals surface area (Å²) in [6.07, 6.45) is 0.362. The van der Waals surface area contributed by atoms with Crippen molar-refractivity contribution in [2.75, 3.05) is 7.11 Å². The van der Waals surface area contributed by atoms with Gasteiger partial charge in [0, 0.05) is 5.69 Å². The van der Waals surface area contributed by atoms with E-state index in [1.54, 1.807) is 25.5 Å². The molecule has 2 aromatic heterocycles. The first-order valence-corrected chi connectivity index (χ1v) is 9.39. The summed E-state index contributed by atoms with van der Waals surface area (Å²) in [6, 6.07) is 9.38. The number of aromatic amines is 1. The lowest BCUT2D eigenvalue weighted by Gasteiger charge is -2.12. The number of Topliss-reactive ketones (excluding diaryl/α,β-unsaturated/α-hetero) is 1. The summed E-state index contributed by atoms with van der Waals surface area (Å²) in [7, 11) is 1.28. The van der Waals surface area contributed by atoms with Crippen molar-refractivity contribution >= 4 is 17.7 Å². The average molecular weight is 409 g/mol.